The number of nitrogens with one attached hydrogen (secondary N) is 1. The molecule has 1 unspecified atom stereocenters. The minimum Gasteiger partial charge on any atom is -0.491 e. The Bertz CT molecular complexity index is 457. The van der Waals surface area contributed by atoms with Crippen LogP contribution in [-0.4, -0.2) is 24.1 Å². The summed E-state index contributed by atoms with van der Waals surface area (Å²) in [5, 5.41) is 3.27. The summed E-state index contributed by atoms with van der Waals surface area (Å²) in [7, 11) is 0. The molecule has 1 amide bonds. The first-order valence-electron chi connectivity index (χ1n) is 6.83. The topological polar surface area (TPSA) is 64.3 Å². The van der Waals surface area contributed by atoms with E-state index >= 15 is 0 Å². The molecule has 1 fully saturated rings. The molecule has 0 aliphatic heterocycles. The van der Waals surface area contributed by atoms with Gasteiger partial charge < -0.3 is 10.5 Å². The summed E-state index contributed by atoms with van der Waals surface area (Å²) in [6.45, 7) is 4.15. The number of para-hydroxylation sites is 1. The van der Waals surface area contributed by atoms with Crippen LogP contribution in [0.15, 0.2) is 24.3 Å². The van der Waals surface area contributed by atoms with E-state index in [9.17, 15) is 4.79 Å². The van der Waals surface area contributed by atoms with Gasteiger partial charge in [0.15, 0.2) is 0 Å². The number of amides is 1. The summed E-state index contributed by atoms with van der Waals surface area (Å²) in [6.07, 6.45) is 3.11. The second kappa shape index (κ2) is 5.61. The lowest BCUT2D eigenvalue weighted by atomic mass is 10.0. The van der Waals surface area contributed by atoms with E-state index in [2.05, 4.69) is 12.2 Å². The van der Waals surface area contributed by atoms with Crippen LogP contribution >= 0.6 is 0 Å². The summed E-state index contributed by atoms with van der Waals surface area (Å²) < 4.78 is 5.82. The first-order valence-corrected chi connectivity index (χ1v) is 6.83. The maximum Gasteiger partial charge on any atom is 0.240 e. The third-order valence-electron chi connectivity index (χ3n) is 3.51. The van der Waals surface area contributed by atoms with E-state index in [0.717, 1.165) is 30.6 Å². The molecule has 1 aliphatic carbocycles. The van der Waals surface area contributed by atoms with Crippen molar-refractivity contribution in [1.82, 2.24) is 5.32 Å². The van der Waals surface area contributed by atoms with Crippen molar-refractivity contribution < 1.29 is 9.53 Å². The maximum absolute atomic E-state index is 11.6. The minimum atomic E-state index is -0.804. The predicted octanol–water partition coefficient (Wildman–Crippen LogP) is 1.62. The number of benzene rings is 1. The first-order chi connectivity index (χ1) is 9.05. The molecule has 19 heavy (non-hydrogen) atoms. The molecule has 0 saturated heterocycles. The second-order valence-electron chi connectivity index (χ2n) is 5.36. The molecule has 1 saturated carbocycles. The highest BCUT2D eigenvalue weighted by molar-refractivity contribution is 5.84. The zero-order valence-corrected chi connectivity index (χ0v) is 11.6. The molecule has 0 spiro atoms. The van der Waals surface area contributed by atoms with Gasteiger partial charge in [-0.1, -0.05) is 25.1 Å². The van der Waals surface area contributed by atoms with Gasteiger partial charge in [-0.25, -0.2) is 0 Å². The van der Waals surface area contributed by atoms with E-state index in [-0.39, 0.29) is 12.5 Å². The average molecular weight is 262 g/mol. The van der Waals surface area contributed by atoms with E-state index < -0.39 is 5.54 Å². The Kier molecular flexibility index (Phi) is 4.10. The molecule has 1 aliphatic rings. The lowest BCUT2D eigenvalue weighted by molar-refractivity contribution is -0.125. The van der Waals surface area contributed by atoms with E-state index in [1.54, 1.807) is 0 Å². The Balaban J connectivity index is 2.03. The molecule has 0 heterocycles. The fourth-order valence-electron chi connectivity index (χ4n) is 2.02. The Labute approximate surface area is 114 Å². The fraction of sp³-hybridized carbons (Fsp3) is 0.533. The molecular formula is C15H22N2O2. The monoisotopic (exact) mass is 262 g/mol. The second-order valence-corrected chi connectivity index (χ2v) is 5.36. The molecule has 1 atom stereocenters. The number of hydrogen-bond acceptors (Lipinski definition) is 3. The van der Waals surface area contributed by atoms with E-state index in [0.29, 0.717) is 6.04 Å². The van der Waals surface area contributed by atoms with Crippen molar-refractivity contribution in [2.75, 3.05) is 6.61 Å². The van der Waals surface area contributed by atoms with Gasteiger partial charge in [0.2, 0.25) is 5.91 Å². The number of primary amides is 1. The average Bonchev–Trinajstić information content (AvgIpc) is 3.20. The zero-order valence-electron chi connectivity index (χ0n) is 11.6. The van der Waals surface area contributed by atoms with Crippen LogP contribution in [0.4, 0.5) is 0 Å². The van der Waals surface area contributed by atoms with Gasteiger partial charge in [0.05, 0.1) is 0 Å². The highest BCUT2D eigenvalue weighted by atomic mass is 16.5. The first kappa shape index (κ1) is 13.9. The van der Waals surface area contributed by atoms with Crippen molar-refractivity contribution in [1.29, 1.82) is 0 Å². The summed E-state index contributed by atoms with van der Waals surface area (Å²) in [6, 6.07) is 8.29. The number of carbonyl (C=O) groups excluding carboxylic acids is 1. The van der Waals surface area contributed by atoms with Crippen LogP contribution in [0, 0.1) is 0 Å². The van der Waals surface area contributed by atoms with Gasteiger partial charge in [-0.3, -0.25) is 10.1 Å². The standard InChI is InChI=1S/C15H22N2O2/c1-3-11-6-4-5-7-13(11)19-10-15(2,14(16)18)17-12-8-9-12/h4-7,12,17H,3,8-10H2,1-2H3,(H2,16,18). The number of hydrogen-bond donors (Lipinski definition) is 2. The van der Waals surface area contributed by atoms with Gasteiger partial charge in [0.1, 0.15) is 17.9 Å². The van der Waals surface area contributed by atoms with E-state index in [1.165, 1.54) is 0 Å². The van der Waals surface area contributed by atoms with Crippen LogP contribution in [0.2, 0.25) is 0 Å². The molecule has 4 nitrogen and oxygen atoms in total. The Morgan fingerprint density at radius 2 is 2.16 bits per heavy atom. The van der Waals surface area contributed by atoms with Crippen molar-refractivity contribution in [3.63, 3.8) is 0 Å². The van der Waals surface area contributed by atoms with Crippen LogP contribution in [0.3, 0.4) is 0 Å². The molecule has 2 rings (SSSR count). The van der Waals surface area contributed by atoms with E-state index in [1.807, 2.05) is 31.2 Å². The summed E-state index contributed by atoms with van der Waals surface area (Å²) >= 11 is 0. The van der Waals surface area contributed by atoms with Gasteiger partial charge in [-0.15, -0.1) is 0 Å². The van der Waals surface area contributed by atoms with Crippen LogP contribution in [0.25, 0.3) is 0 Å². The summed E-state index contributed by atoms with van der Waals surface area (Å²) in [5.74, 6) is 0.462. The predicted molar refractivity (Wildman–Crippen MR) is 75.1 cm³/mol. The third kappa shape index (κ3) is 3.47. The van der Waals surface area contributed by atoms with E-state index in [4.69, 9.17) is 10.5 Å². The maximum atomic E-state index is 11.6. The SMILES string of the molecule is CCc1ccccc1OCC(C)(NC1CC1)C(N)=O. The molecule has 1 aromatic rings. The summed E-state index contributed by atoms with van der Waals surface area (Å²) in [4.78, 5) is 11.6. The molecule has 104 valence electrons. The number of rotatable bonds is 7. The highest BCUT2D eigenvalue weighted by Gasteiger charge is 2.37. The molecule has 4 heteroatoms. The number of nitrogens with two attached hydrogens (primary N) is 1. The Morgan fingerprint density at radius 3 is 2.74 bits per heavy atom. The smallest absolute Gasteiger partial charge is 0.240 e. The van der Waals surface area contributed by atoms with Gasteiger partial charge >= 0.3 is 0 Å². The molecule has 1 aromatic carbocycles. The van der Waals surface area contributed by atoms with Crippen LogP contribution in [0.1, 0.15) is 32.3 Å². The lowest BCUT2D eigenvalue weighted by Gasteiger charge is -2.28. The number of aryl methyl sites for hydroxylation is 1. The van der Waals surface area contributed by atoms with Crippen molar-refractivity contribution in [3.8, 4) is 5.75 Å². The molecular weight excluding hydrogens is 240 g/mol. The highest BCUT2D eigenvalue weighted by Crippen LogP contribution is 2.24. The van der Waals surface area contributed by atoms with Crippen molar-refractivity contribution in [3.05, 3.63) is 29.8 Å². The Hall–Kier alpha value is -1.55. The quantitative estimate of drug-likeness (QED) is 0.785. The van der Waals surface area contributed by atoms with Gasteiger partial charge in [0.25, 0.3) is 0 Å². The number of carbonyl (C=O) groups is 1. The normalized spacial score (nSPS) is 17.8. The third-order valence-corrected chi connectivity index (χ3v) is 3.51. The zero-order chi connectivity index (χ0) is 13.9. The van der Waals surface area contributed by atoms with Crippen LogP contribution in [0.5, 0.6) is 5.75 Å². The molecule has 0 aromatic heterocycles. The Morgan fingerprint density at radius 1 is 1.47 bits per heavy atom. The molecule has 3 N–H and O–H groups in total. The fourth-order valence-corrected chi connectivity index (χ4v) is 2.02. The lowest BCUT2D eigenvalue weighted by Crippen LogP contribution is -2.57. The summed E-state index contributed by atoms with van der Waals surface area (Å²) in [5.41, 5.74) is 5.84. The molecule has 0 radical (unpaired) electrons. The largest absolute Gasteiger partial charge is 0.491 e. The molecule has 0 bridgehead atoms. The van der Waals surface area contributed by atoms with Crippen LogP contribution < -0.4 is 15.8 Å². The van der Waals surface area contributed by atoms with Crippen LogP contribution in [-0.2, 0) is 11.2 Å². The number of ether oxygens (including phenoxy) is 1. The van der Waals surface area contributed by atoms with Gasteiger partial charge in [0, 0.05) is 6.04 Å². The van der Waals surface area contributed by atoms with Gasteiger partial charge in [-0.2, -0.15) is 0 Å². The minimum absolute atomic E-state index is 0.260. The van der Waals surface area contributed by atoms with Crippen molar-refractivity contribution in [2.45, 2.75) is 44.7 Å². The van der Waals surface area contributed by atoms with Crippen molar-refractivity contribution in [2.24, 2.45) is 5.73 Å². The van der Waals surface area contributed by atoms with Gasteiger partial charge in [-0.05, 0) is 37.8 Å². The van der Waals surface area contributed by atoms with Crippen molar-refractivity contribution >= 4 is 5.91 Å².